The smallest absolute Gasteiger partial charge is 0.223 e. The summed E-state index contributed by atoms with van der Waals surface area (Å²) >= 11 is 0. The van der Waals surface area contributed by atoms with Crippen LogP contribution in [-0.4, -0.2) is 32.1 Å². The van der Waals surface area contributed by atoms with Gasteiger partial charge >= 0.3 is 0 Å². The highest BCUT2D eigenvalue weighted by atomic mass is 16.3. The van der Waals surface area contributed by atoms with Crippen LogP contribution in [0.4, 0.5) is 0 Å². The molecule has 6 nitrogen and oxygen atoms in total. The van der Waals surface area contributed by atoms with E-state index in [2.05, 4.69) is 14.8 Å². The van der Waals surface area contributed by atoms with Gasteiger partial charge in [-0.15, -0.1) is 10.2 Å². The summed E-state index contributed by atoms with van der Waals surface area (Å²) in [5.41, 5.74) is 1.05. The van der Waals surface area contributed by atoms with Gasteiger partial charge in [-0.1, -0.05) is 30.3 Å². The van der Waals surface area contributed by atoms with E-state index >= 15 is 0 Å². The minimum atomic E-state index is 0.148. The summed E-state index contributed by atoms with van der Waals surface area (Å²) in [7, 11) is 0. The molecular formula is C21H22N4O2. The number of fused-ring (bicyclic) bond motifs is 1. The standard InChI is InChI=1S/C21H22N4O2/c26-20(11-9-17-8-10-18(27-17)15-4-2-1-3-5-15)24-12-13-25-19(14-24)22-23-21(25)16-6-7-16/h1-5,8,10,16H,6-7,9,11-14H2. The van der Waals surface area contributed by atoms with Crippen LogP contribution < -0.4 is 0 Å². The maximum absolute atomic E-state index is 12.6. The number of carbonyl (C=O) groups is 1. The molecule has 1 aliphatic heterocycles. The Bertz CT molecular complexity index is 956. The first-order chi connectivity index (χ1) is 13.3. The normalized spacial score (nSPS) is 16.4. The highest BCUT2D eigenvalue weighted by Gasteiger charge is 2.32. The molecule has 3 heterocycles. The Morgan fingerprint density at radius 3 is 2.74 bits per heavy atom. The highest BCUT2D eigenvalue weighted by Crippen LogP contribution is 2.39. The number of rotatable bonds is 5. The Morgan fingerprint density at radius 2 is 1.93 bits per heavy atom. The number of furan rings is 1. The van der Waals surface area contributed by atoms with Gasteiger partial charge in [-0.3, -0.25) is 4.79 Å². The molecule has 1 aromatic carbocycles. The summed E-state index contributed by atoms with van der Waals surface area (Å²) in [6.07, 6.45) is 3.50. The number of amides is 1. The quantitative estimate of drug-likeness (QED) is 0.698. The molecule has 27 heavy (non-hydrogen) atoms. The van der Waals surface area contributed by atoms with Gasteiger partial charge in [-0.05, 0) is 25.0 Å². The zero-order chi connectivity index (χ0) is 18.2. The lowest BCUT2D eigenvalue weighted by Crippen LogP contribution is -2.38. The van der Waals surface area contributed by atoms with Crippen LogP contribution in [0.15, 0.2) is 46.9 Å². The fourth-order valence-electron chi connectivity index (χ4n) is 3.69. The summed E-state index contributed by atoms with van der Waals surface area (Å²) in [6.45, 7) is 2.10. The van der Waals surface area contributed by atoms with Crippen LogP contribution in [-0.2, 0) is 24.3 Å². The first-order valence-electron chi connectivity index (χ1n) is 9.62. The van der Waals surface area contributed by atoms with E-state index in [1.165, 1.54) is 12.8 Å². The second kappa shape index (κ2) is 6.68. The zero-order valence-corrected chi connectivity index (χ0v) is 15.2. The van der Waals surface area contributed by atoms with Crippen molar-refractivity contribution in [1.29, 1.82) is 0 Å². The van der Waals surface area contributed by atoms with Crippen LogP contribution in [0, 0.1) is 0 Å². The minimum absolute atomic E-state index is 0.148. The summed E-state index contributed by atoms with van der Waals surface area (Å²) in [4.78, 5) is 14.5. The fraction of sp³-hybridized carbons (Fsp3) is 0.381. The van der Waals surface area contributed by atoms with E-state index < -0.39 is 0 Å². The van der Waals surface area contributed by atoms with Crippen molar-refractivity contribution >= 4 is 5.91 Å². The molecule has 0 radical (unpaired) electrons. The lowest BCUT2D eigenvalue weighted by molar-refractivity contribution is -0.132. The molecule has 0 unspecified atom stereocenters. The molecule has 1 aliphatic carbocycles. The number of nitrogens with zero attached hydrogens (tertiary/aromatic N) is 4. The molecule has 0 spiro atoms. The van der Waals surface area contributed by atoms with Gasteiger partial charge < -0.3 is 13.9 Å². The molecule has 5 rings (SSSR count). The van der Waals surface area contributed by atoms with Gasteiger partial charge in [0.2, 0.25) is 5.91 Å². The van der Waals surface area contributed by atoms with E-state index in [1.807, 2.05) is 47.4 Å². The first-order valence-corrected chi connectivity index (χ1v) is 9.62. The lowest BCUT2D eigenvalue weighted by atomic mass is 10.2. The largest absolute Gasteiger partial charge is 0.461 e. The van der Waals surface area contributed by atoms with Gasteiger partial charge in [-0.25, -0.2) is 0 Å². The maximum Gasteiger partial charge on any atom is 0.223 e. The maximum atomic E-state index is 12.6. The molecule has 2 aliphatic rings. The number of aryl methyl sites for hydroxylation is 1. The summed E-state index contributed by atoms with van der Waals surface area (Å²) < 4.78 is 8.11. The molecule has 0 bridgehead atoms. The Balaban J connectivity index is 1.19. The van der Waals surface area contributed by atoms with E-state index in [0.717, 1.165) is 41.8 Å². The third kappa shape index (κ3) is 3.27. The molecule has 6 heteroatoms. The van der Waals surface area contributed by atoms with Crippen molar-refractivity contribution in [3.05, 3.63) is 59.9 Å². The van der Waals surface area contributed by atoms with Gasteiger partial charge in [0, 0.05) is 37.4 Å². The van der Waals surface area contributed by atoms with Crippen molar-refractivity contribution in [2.45, 2.75) is 44.7 Å². The number of hydrogen-bond donors (Lipinski definition) is 0. The van der Waals surface area contributed by atoms with Crippen LogP contribution in [0.1, 0.15) is 42.6 Å². The Hall–Kier alpha value is -2.89. The van der Waals surface area contributed by atoms with Gasteiger partial charge in [0.25, 0.3) is 0 Å². The van der Waals surface area contributed by atoms with Gasteiger partial charge in [-0.2, -0.15) is 0 Å². The van der Waals surface area contributed by atoms with Gasteiger partial charge in [0.1, 0.15) is 17.3 Å². The Morgan fingerprint density at radius 1 is 1.07 bits per heavy atom. The Kier molecular flexibility index (Phi) is 4.03. The van der Waals surface area contributed by atoms with Crippen LogP contribution in [0.3, 0.4) is 0 Å². The second-order valence-corrected chi connectivity index (χ2v) is 7.35. The molecule has 0 saturated heterocycles. The average molecular weight is 362 g/mol. The van der Waals surface area contributed by atoms with Gasteiger partial charge in [0.05, 0.1) is 6.54 Å². The molecular weight excluding hydrogens is 340 g/mol. The molecule has 138 valence electrons. The lowest BCUT2D eigenvalue weighted by Gasteiger charge is -2.28. The molecule has 0 N–H and O–H groups in total. The van der Waals surface area contributed by atoms with Crippen molar-refractivity contribution < 1.29 is 9.21 Å². The zero-order valence-electron chi connectivity index (χ0n) is 15.2. The predicted molar refractivity (Wildman–Crippen MR) is 99.9 cm³/mol. The summed E-state index contributed by atoms with van der Waals surface area (Å²) in [5, 5.41) is 8.65. The molecule has 1 saturated carbocycles. The van der Waals surface area contributed by atoms with E-state index in [4.69, 9.17) is 4.42 Å². The predicted octanol–water partition coefficient (Wildman–Crippen LogP) is 3.39. The SMILES string of the molecule is O=C(CCc1ccc(-c2ccccc2)o1)N1CCn2c(nnc2C2CC2)C1. The number of aromatic nitrogens is 3. The highest BCUT2D eigenvalue weighted by molar-refractivity contribution is 5.76. The monoisotopic (exact) mass is 362 g/mol. The molecule has 2 aromatic heterocycles. The molecule has 0 atom stereocenters. The topological polar surface area (TPSA) is 64.2 Å². The van der Waals surface area contributed by atoms with E-state index in [1.54, 1.807) is 0 Å². The third-order valence-corrected chi connectivity index (χ3v) is 5.38. The van der Waals surface area contributed by atoms with Crippen molar-refractivity contribution in [2.24, 2.45) is 0 Å². The molecule has 1 amide bonds. The van der Waals surface area contributed by atoms with Crippen molar-refractivity contribution in [2.75, 3.05) is 6.54 Å². The average Bonchev–Trinajstić information content (AvgIpc) is 3.29. The van der Waals surface area contributed by atoms with Gasteiger partial charge in [0.15, 0.2) is 5.82 Å². The van der Waals surface area contributed by atoms with Crippen molar-refractivity contribution in [3.63, 3.8) is 0 Å². The Labute approximate surface area is 157 Å². The van der Waals surface area contributed by atoms with Crippen LogP contribution in [0.5, 0.6) is 0 Å². The van der Waals surface area contributed by atoms with E-state index in [9.17, 15) is 4.79 Å². The summed E-state index contributed by atoms with van der Waals surface area (Å²) in [6, 6.07) is 13.9. The second-order valence-electron chi connectivity index (χ2n) is 7.35. The number of benzene rings is 1. The first kappa shape index (κ1) is 16.3. The summed E-state index contributed by atoms with van der Waals surface area (Å²) in [5.74, 6) is 4.46. The molecule has 1 fully saturated rings. The number of carbonyl (C=O) groups excluding carboxylic acids is 1. The van der Waals surface area contributed by atoms with E-state index in [-0.39, 0.29) is 5.91 Å². The minimum Gasteiger partial charge on any atom is -0.461 e. The van der Waals surface area contributed by atoms with Crippen molar-refractivity contribution in [3.8, 4) is 11.3 Å². The van der Waals surface area contributed by atoms with Crippen LogP contribution >= 0.6 is 0 Å². The number of hydrogen-bond acceptors (Lipinski definition) is 4. The van der Waals surface area contributed by atoms with Crippen molar-refractivity contribution in [1.82, 2.24) is 19.7 Å². The fourth-order valence-corrected chi connectivity index (χ4v) is 3.69. The van der Waals surface area contributed by atoms with Crippen LogP contribution in [0.25, 0.3) is 11.3 Å². The molecule has 3 aromatic rings. The van der Waals surface area contributed by atoms with Crippen LogP contribution in [0.2, 0.25) is 0 Å². The third-order valence-electron chi connectivity index (χ3n) is 5.38. The van der Waals surface area contributed by atoms with E-state index in [0.29, 0.717) is 25.3 Å².